The highest BCUT2D eigenvalue weighted by molar-refractivity contribution is 5.96. The summed E-state index contributed by atoms with van der Waals surface area (Å²) in [6.45, 7) is 0.656. The van der Waals surface area contributed by atoms with Crippen molar-refractivity contribution in [3.63, 3.8) is 0 Å². The number of furan rings is 1. The molecule has 0 fully saturated rings. The molecule has 0 radical (unpaired) electrons. The molecule has 2 amide bonds. The molecule has 0 aliphatic carbocycles. The number of amides is 2. The minimum absolute atomic E-state index is 0.102. The Labute approximate surface area is 156 Å². The summed E-state index contributed by atoms with van der Waals surface area (Å²) < 4.78 is 10.5. The average molecular weight is 365 g/mol. The number of nitrogens with zero attached hydrogens (tertiary/aromatic N) is 1. The zero-order chi connectivity index (χ0) is 18.9. The largest absolute Gasteiger partial charge is 0.487 e. The summed E-state index contributed by atoms with van der Waals surface area (Å²) in [5.74, 6) is 0.0961. The van der Waals surface area contributed by atoms with Crippen molar-refractivity contribution < 1.29 is 18.7 Å². The molecule has 1 aromatic carbocycles. The summed E-state index contributed by atoms with van der Waals surface area (Å²) in [4.78, 5) is 27.8. The van der Waals surface area contributed by atoms with E-state index in [9.17, 15) is 9.59 Å². The first-order valence-corrected chi connectivity index (χ1v) is 8.39. The number of aromatic nitrogens is 1. The molecule has 2 heterocycles. The number of rotatable bonds is 8. The number of ether oxygens (including phenoxy) is 1. The SMILES string of the molecule is O=C(CNC(=O)c1ccoc1)NCc1ccc(OCc2ccccn2)cc1. The Morgan fingerprint density at radius 3 is 2.59 bits per heavy atom. The van der Waals surface area contributed by atoms with Gasteiger partial charge in [0.1, 0.15) is 18.6 Å². The van der Waals surface area contributed by atoms with Crippen molar-refractivity contribution >= 4 is 11.8 Å². The lowest BCUT2D eigenvalue weighted by Crippen LogP contribution is -2.36. The van der Waals surface area contributed by atoms with Gasteiger partial charge in [0.15, 0.2) is 0 Å². The second kappa shape index (κ2) is 9.19. The van der Waals surface area contributed by atoms with Gasteiger partial charge in [-0.15, -0.1) is 0 Å². The zero-order valence-electron chi connectivity index (χ0n) is 14.6. The minimum atomic E-state index is -0.353. The van der Waals surface area contributed by atoms with Crippen molar-refractivity contribution in [3.8, 4) is 5.75 Å². The van der Waals surface area contributed by atoms with Gasteiger partial charge in [0.2, 0.25) is 5.91 Å². The maximum Gasteiger partial charge on any atom is 0.254 e. The van der Waals surface area contributed by atoms with Gasteiger partial charge >= 0.3 is 0 Å². The predicted molar refractivity (Wildman–Crippen MR) is 97.9 cm³/mol. The summed E-state index contributed by atoms with van der Waals surface area (Å²) in [5.41, 5.74) is 2.16. The fraction of sp³-hybridized carbons (Fsp3) is 0.150. The fourth-order valence-electron chi connectivity index (χ4n) is 2.26. The Balaban J connectivity index is 1.39. The highest BCUT2D eigenvalue weighted by atomic mass is 16.5. The van der Waals surface area contributed by atoms with Crippen LogP contribution in [0.15, 0.2) is 71.7 Å². The summed E-state index contributed by atoms with van der Waals surface area (Å²) in [5, 5.41) is 5.27. The quantitative estimate of drug-likeness (QED) is 0.639. The van der Waals surface area contributed by atoms with Gasteiger partial charge in [0, 0.05) is 12.7 Å². The molecule has 138 valence electrons. The van der Waals surface area contributed by atoms with Crippen LogP contribution >= 0.6 is 0 Å². The van der Waals surface area contributed by atoms with Crippen LogP contribution in [0.5, 0.6) is 5.75 Å². The van der Waals surface area contributed by atoms with E-state index in [1.165, 1.54) is 18.6 Å². The van der Waals surface area contributed by atoms with E-state index in [4.69, 9.17) is 9.15 Å². The molecule has 0 saturated carbocycles. The van der Waals surface area contributed by atoms with Gasteiger partial charge in [-0.3, -0.25) is 14.6 Å². The predicted octanol–water partition coefficient (Wildman–Crippen LogP) is 2.30. The maximum absolute atomic E-state index is 11.8. The molecule has 0 spiro atoms. The number of benzene rings is 1. The van der Waals surface area contributed by atoms with E-state index >= 15 is 0 Å². The Morgan fingerprint density at radius 2 is 1.89 bits per heavy atom. The smallest absolute Gasteiger partial charge is 0.254 e. The normalized spacial score (nSPS) is 10.2. The van der Waals surface area contributed by atoms with Crippen LogP contribution in [0.3, 0.4) is 0 Å². The third-order valence-corrected chi connectivity index (χ3v) is 3.72. The third-order valence-electron chi connectivity index (χ3n) is 3.72. The first-order chi connectivity index (χ1) is 13.2. The van der Waals surface area contributed by atoms with Crippen LogP contribution in [0.2, 0.25) is 0 Å². The number of nitrogens with one attached hydrogen (secondary N) is 2. The molecule has 0 unspecified atom stereocenters. The Hall–Kier alpha value is -3.61. The van der Waals surface area contributed by atoms with Gasteiger partial charge in [0.25, 0.3) is 5.91 Å². The Morgan fingerprint density at radius 1 is 1.04 bits per heavy atom. The number of carbonyl (C=O) groups excluding carboxylic acids is 2. The van der Waals surface area contributed by atoms with Crippen LogP contribution in [-0.2, 0) is 17.9 Å². The molecule has 0 aliphatic heterocycles. The van der Waals surface area contributed by atoms with E-state index in [2.05, 4.69) is 15.6 Å². The van der Waals surface area contributed by atoms with Gasteiger partial charge in [-0.1, -0.05) is 18.2 Å². The van der Waals surface area contributed by atoms with Gasteiger partial charge in [0.05, 0.1) is 24.1 Å². The Bertz CT molecular complexity index is 862. The van der Waals surface area contributed by atoms with Gasteiger partial charge in [-0.05, 0) is 35.9 Å². The van der Waals surface area contributed by atoms with E-state index in [0.717, 1.165) is 17.0 Å². The number of hydrogen-bond acceptors (Lipinski definition) is 5. The van der Waals surface area contributed by atoms with Crippen molar-refractivity contribution in [2.24, 2.45) is 0 Å². The van der Waals surface area contributed by atoms with Crippen molar-refractivity contribution in [1.82, 2.24) is 15.6 Å². The number of hydrogen-bond donors (Lipinski definition) is 2. The van der Waals surface area contributed by atoms with Crippen molar-refractivity contribution in [1.29, 1.82) is 0 Å². The van der Waals surface area contributed by atoms with E-state index in [1.807, 2.05) is 42.5 Å². The summed E-state index contributed by atoms with van der Waals surface area (Å²) in [6, 6.07) is 14.6. The molecule has 2 aromatic heterocycles. The lowest BCUT2D eigenvalue weighted by molar-refractivity contribution is -0.120. The molecule has 0 bridgehead atoms. The molecule has 0 aliphatic rings. The van der Waals surface area contributed by atoms with Crippen molar-refractivity contribution in [2.45, 2.75) is 13.2 Å². The molecule has 27 heavy (non-hydrogen) atoms. The molecule has 0 atom stereocenters. The second-order valence-corrected chi connectivity index (χ2v) is 5.73. The van der Waals surface area contributed by atoms with Crippen LogP contribution < -0.4 is 15.4 Å². The van der Waals surface area contributed by atoms with Gasteiger partial charge in [-0.25, -0.2) is 0 Å². The zero-order valence-corrected chi connectivity index (χ0v) is 14.6. The van der Waals surface area contributed by atoms with Crippen LogP contribution in [0.1, 0.15) is 21.6 Å². The van der Waals surface area contributed by atoms with Gasteiger partial charge in [-0.2, -0.15) is 0 Å². The average Bonchev–Trinajstić information content (AvgIpc) is 3.25. The van der Waals surface area contributed by atoms with E-state index in [-0.39, 0.29) is 18.4 Å². The molecule has 7 heteroatoms. The molecule has 2 N–H and O–H groups in total. The van der Waals surface area contributed by atoms with Crippen molar-refractivity contribution in [2.75, 3.05) is 6.54 Å². The number of pyridine rings is 1. The summed E-state index contributed by atoms with van der Waals surface area (Å²) >= 11 is 0. The standard InChI is InChI=1S/C20H19N3O4/c24-19(12-23-20(25)16-8-10-26-13-16)22-11-15-4-6-18(7-5-15)27-14-17-3-1-2-9-21-17/h1-10,13H,11-12,14H2,(H,22,24)(H,23,25). The first-order valence-electron chi connectivity index (χ1n) is 8.39. The van der Waals surface area contributed by atoms with Crippen molar-refractivity contribution in [3.05, 3.63) is 84.1 Å². The monoisotopic (exact) mass is 365 g/mol. The highest BCUT2D eigenvalue weighted by Gasteiger charge is 2.08. The molecule has 7 nitrogen and oxygen atoms in total. The minimum Gasteiger partial charge on any atom is -0.487 e. The van der Waals surface area contributed by atoms with Crippen LogP contribution in [0.4, 0.5) is 0 Å². The molecular weight excluding hydrogens is 346 g/mol. The fourth-order valence-corrected chi connectivity index (χ4v) is 2.26. The summed E-state index contributed by atoms with van der Waals surface area (Å²) in [6.07, 6.45) is 4.45. The van der Waals surface area contributed by atoms with E-state index in [0.29, 0.717) is 18.7 Å². The van der Waals surface area contributed by atoms with Crippen LogP contribution in [-0.4, -0.2) is 23.3 Å². The second-order valence-electron chi connectivity index (χ2n) is 5.73. The molecule has 3 rings (SSSR count). The third kappa shape index (κ3) is 5.71. The maximum atomic E-state index is 11.8. The Kier molecular flexibility index (Phi) is 6.19. The first kappa shape index (κ1) is 18.2. The molecular formula is C20H19N3O4. The molecule has 0 saturated heterocycles. The summed E-state index contributed by atoms with van der Waals surface area (Å²) in [7, 11) is 0. The van der Waals surface area contributed by atoms with Crippen LogP contribution in [0, 0.1) is 0 Å². The van der Waals surface area contributed by atoms with E-state index < -0.39 is 0 Å². The van der Waals surface area contributed by atoms with E-state index in [1.54, 1.807) is 6.20 Å². The molecule has 3 aromatic rings. The lowest BCUT2D eigenvalue weighted by atomic mass is 10.2. The topological polar surface area (TPSA) is 93.5 Å². The highest BCUT2D eigenvalue weighted by Crippen LogP contribution is 2.13. The van der Waals surface area contributed by atoms with Gasteiger partial charge < -0.3 is 19.8 Å². The van der Waals surface area contributed by atoms with Crippen LogP contribution in [0.25, 0.3) is 0 Å². The lowest BCUT2D eigenvalue weighted by Gasteiger charge is -2.08. The number of carbonyl (C=O) groups is 2.